The third-order valence-corrected chi connectivity index (χ3v) is 13.0. The van der Waals surface area contributed by atoms with Crippen LogP contribution in [0.3, 0.4) is 0 Å². The lowest BCUT2D eigenvalue weighted by molar-refractivity contribution is -0.160. The van der Waals surface area contributed by atoms with Crippen LogP contribution in [-0.2, 0) is 8.98 Å². The summed E-state index contributed by atoms with van der Waals surface area (Å²) in [7, 11) is -2.28. The Hall–Kier alpha value is -2.72. The van der Waals surface area contributed by atoms with Crippen molar-refractivity contribution < 1.29 is 13.7 Å². The molecule has 0 radical (unpaired) electrons. The number of hydrogen-bond acceptors (Lipinski definition) is 3. The van der Waals surface area contributed by atoms with Crippen molar-refractivity contribution in [1.29, 1.82) is 0 Å². The lowest BCUT2D eigenvalue weighted by Crippen LogP contribution is -2.50. The van der Waals surface area contributed by atoms with Crippen LogP contribution in [0.25, 0.3) is 0 Å². The maximum absolute atomic E-state index is 14.5. The molecule has 0 saturated heterocycles. The smallest absolute Gasteiger partial charge is 0.323 e. The number of carbonyl (C=O) groups excluding carboxylic acids is 1. The first-order valence-electron chi connectivity index (χ1n) is 15.1. The molecule has 0 heterocycles. The van der Waals surface area contributed by atoms with Gasteiger partial charge in [-0.25, -0.2) is 0 Å². The molecule has 5 fully saturated rings. The van der Waals surface area contributed by atoms with E-state index in [0.717, 1.165) is 52.5 Å². The molecule has 39 heavy (non-hydrogen) atoms. The minimum atomic E-state index is -2.28. The summed E-state index contributed by atoms with van der Waals surface area (Å²) < 4.78 is 13.5. The zero-order chi connectivity index (χ0) is 26.3. The first-order chi connectivity index (χ1) is 19.1. The number of rotatable bonds is 7. The standard InChI is InChI=1S/C35H40O3S/c36-34(35-23-26-20-27(24-35)22-28(21-26)25-35)38-39(31-12-6-2-7-13-31,32-14-8-3-9-15-32)33-18-16-30(17-19-33)37-29-10-4-1-5-11-29/h2-3,6-9,12-19,26-29H,1,4-5,10-11,20-25H2. The van der Waals surface area contributed by atoms with E-state index in [0.29, 0.717) is 23.9 Å². The molecule has 0 spiro atoms. The van der Waals surface area contributed by atoms with Gasteiger partial charge in [0.25, 0.3) is 0 Å². The molecule has 0 aromatic heterocycles. The van der Waals surface area contributed by atoms with Crippen molar-refractivity contribution in [3.05, 3.63) is 84.9 Å². The van der Waals surface area contributed by atoms with Crippen LogP contribution in [0.15, 0.2) is 99.6 Å². The van der Waals surface area contributed by atoms with Crippen molar-refractivity contribution in [3.63, 3.8) is 0 Å². The summed E-state index contributed by atoms with van der Waals surface area (Å²) in [6, 6.07) is 29.4. The van der Waals surface area contributed by atoms with Crippen LogP contribution in [0.4, 0.5) is 0 Å². The second kappa shape index (κ2) is 10.4. The molecule has 3 nitrogen and oxygen atoms in total. The topological polar surface area (TPSA) is 35.5 Å². The zero-order valence-electron chi connectivity index (χ0n) is 22.8. The Morgan fingerprint density at radius 1 is 0.641 bits per heavy atom. The molecule has 4 bridgehead atoms. The maximum Gasteiger partial charge on any atom is 0.323 e. The van der Waals surface area contributed by atoms with Crippen LogP contribution < -0.4 is 4.74 Å². The molecule has 3 aromatic carbocycles. The van der Waals surface area contributed by atoms with E-state index >= 15 is 0 Å². The van der Waals surface area contributed by atoms with Gasteiger partial charge in [-0.05, 0) is 141 Å². The predicted octanol–water partition coefficient (Wildman–Crippen LogP) is 9.35. The van der Waals surface area contributed by atoms with E-state index in [1.165, 1.54) is 38.5 Å². The Labute approximate surface area is 234 Å². The number of benzene rings is 3. The van der Waals surface area contributed by atoms with Crippen LogP contribution >= 0.6 is 10.3 Å². The van der Waals surface area contributed by atoms with Gasteiger partial charge in [-0.3, -0.25) is 4.79 Å². The molecule has 0 unspecified atom stereocenters. The highest BCUT2D eigenvalue weighted by molar-refractivity contribution is 8.30. The molecule has 0 aliphatic heterocycles. The normalized spacial score (nSPS) is 28.7. The average Bonchev–Trinajstić information content (AvgIpc) is 2.97. The van der Waals surface area contributed by atoms with Gasteiger partial charge in [-0.2, -0.15) is 0 Å². The minimum absolute atomic E-state index is 0.0341. The predicted molar refractivity (Wildman–Crippen MR) is 156 cm³/mol. The summed E-state index contributed by atoms with van der Waals surface area (Å²) in [6.45, 7) is 0. The maximum atomic E-state index is 14.5. The highest BCUT2D eigenvalue weighted by Crippen LogP contribution is 2.71. The van der Waals surface area contributed by atoms with Gasteiger partial charge in [-0.15, -0.1) is 0 Å². The van der Waals surface area contributed by atoms with Crippen molar-refractivity contribution in [3.8, 4) is 5.75 Å². The van der Waals surface area contributed by atoms with Gasteiger partial charge >= 0.3 is 5.97 Å². The molecule has 204 valence electrons. The fourth-order valence-corrected chi connectivity index (χ4v) is 11.5. The second-order valence-electron chi connectivity index (χ2n) is 12.6. The Kier molecular flexibility index (Phi) is 6.71. The SMILES string of the molecule is O=C(OS(c1ccccc1)(c1ccccc1)c1ccc(OC2CCCCC2)cc1)C12CC3CC(CC(C3)C1)C2. The van der Waals surface area contributed by atoms with Crippen molar-refractivity contribution in [2.24, 2.45) is 23.2 Å². The van der Waals surface area contributed by atoms with Crippen molar-refractivity contribution in [2.45, 2.75) is 91.4 Å². The quantitative estimate of drug-likeness (QED) is 0.299. The van der Waals surface area contributed by atoms with Gasteiger partial charge in [-0.1, -0.05) is 42.8 Å². The molecule has 5 aliphatic carbocycles. The Morgan fingerprint density at radius 2 is 1.13 bits per heavy atom. The highest BCUT2D eigenvalue weighted by Gasteiger charge is 2.57. The van der Waals surface area contributed by atoms with Gasteiger partial charge in [0.2, 0.25) is 0 Å². The molecule has 5 aliphatic rings. The molecule has 4 heteroatoms. The molecule has 3 aromatic rings. The Balaban J connectivity index is 1.29. The number of ether oxygens (including phenoxy) is 1. The molecule has 5 saturated carbocycles. The first kappa shape index (κ1) is 25.3. The fraction of sp³-hybridized carbons (Fsp3) is 0.457. The van der Waals surface area contributed by atoms with E-state index in [1.54, 1.807) is 0 Å². The average molecular weight is 541 g/mol. The molecule has 8 rings (SSSR count). The summed E-state index contributed by atoms with van der Waals surface area (Å²) in [5.74, 6) is 3.02. The van der Waals surface area contributed by atoms with Gasteiger partial charge in [0.1, 0.15) is 5.75 Å². The number of hydrogen-bond donors (Lipinski definition) is 0. The lowest BCUT2D eigenvalue weighted by atomic mass is 9.49. The first-order valence-corrected chi connectivity index (χ1v) is 16.6. The largest absolute Gasteiger partial charge is 0.490 e. The molecular formula is C35H40O3S. The summed E-state index contributed by atoms with van der Waals surface area (Å²) >= 11 is 0. The van der Waals surface area contributed by atoms with E-state index in [2.05, 4.69) is 72.8 Å². The minimum Gasteiger partial charge on any atom is -0.490 e. The summed E-state index contributed by atoms with van der Waals surface area (Å²) in [4.78, 5) is 17.7. The second-order valence-corrected chi connectivity index (χ2v) is 15.3. The van der Waals surface area contributed by atoms with Crippen molar-refractivity contribution in [1.82, 2.24) is 0 Å². The van der Waals surface area contributed by atoms with Gasteiger partial charge in [0.15, 0.2) is 0 Å². The Morgan fingerprint density at radius 3 is 1.64 bits per heavy atom. The van der Waals surface area contributed by atoms with E-state index in [4.69, 9.17) is 8.92 Å². The molecular weight excluding hydrogens is 500 g/mol. The van der Waals surface area contributed by atoms with Crippen LogP contribution in [0.2, 0.25) is 0 Å². The molecule has 0 amide bonds. The summed E-state index contributed by atoms with van der Waals surface area (Å²) in [5.41, 5.74) is -0.319. The summed E-state index contributed by atoms with van der Waals surface area (Å²) in [5, 5.41) is 0. The Bertz CT molecular complexity index is 1210. The van der Waals surface area contributed by atoms with Crippen molar-refractivity contribution >= 4 is 16.3 Å². The van der Waals surface area contributed by atoms with Crippen LogP contribution in [-0.4, -0.2) is 12.1 Å². The fourth-order valence-electron chi connectivity index (χ4n) is 8.42. The van der Waals surface area contributed by atoms with E-state index < -0.39 is 10.3 Å². The van der Waals surface area contributed by atoms with Gasteiger partial charge < -0.3 is 8.92 Å². The van der Waals surface area contributed by atoms with Gasteiger partial charge in [0, 0.05) is 14.7 Å². The van der Waals surface area contributed by atoms with Gasteiger partial charge in [0.05, 0.1) is 11.5 Å². The third-order valence-electron chi connectivity index (χ3n) is 9.83. The van der Waals surface area contributed by atoms with Crippen LogP contribution in [0, 0.1) is 23.2 Å². The molecule has 0 N–H and O–H groups in total. The van der Waals surface area contributed by atoms with E-state index in [-0.39, 0.29) is 11.4 Å². The monoisotopic (exact) mass is 540 g/mol. The van der Waals surface area contributed by atoms with Crippen LogP contribution in [0.1, 0.15) is 70.6 Å². The van der Waals surface area contributed by atoms with E-state index in [9.17, 15) is 4.79 Å². The molecule has 0 atom stereocenters. The summed E-state index contributed by atoms with van der Waals surface area (Å²) in [6.07, 6.45) is 13.3. The zero-order valence-corrected chi connectivity index (χ0v) is 23.6. The lowest BCUT2D eigenvalue weighted by Gasteiger charge is -2.56. The number of carbonyl (C=O) groups is 1. The van der Waals surface area contributed by atoms with Crippen LogP contribution in [0.5, 0.6) is 5.75 Å². The third kappa shape index (κ3) is 4.69. The van der Waals surface area contributed by atoms with Crippen molar-refractivity contribution in [2.75, 3.05) is 0 Å². The van der Waals surface area contributed by atoms with E-state index in [1.807, 2.05) is 12.1 Å². The highest BCUT2D eigenvalue weighted by atomic mass is 32.3.